The minimum absolute atomic E-state index is 0.121. The zero-order valence-corrected chi connectivity index (χ0v) is 10.6. The molecule has 1 saturated carbocycles. The second-order valence-corrected chi connectivity index (χ2v) is 5.18. The number of rotatable bonds is 3. The highest BCUT2D eigenvalue weighted by Crippen LogP contribution is 2.29. The smallest absolute Gasteiger partial charge is 0.291 e. The molecule has 3 rings (SSSR count). The number of piperidine rings is 1. The van der Waals surface area contributed by atoms with Crippen LogP contribution in [0.15, 0.2) is 6.33 Å². The molecule has 2 aliphatic rings. The molecule has 0 atom stereocenters. The zero-order chi connectivity index (χ0) is 13.2. The summed E-state index contributed by atoms with van der Waals surface area (Å²) in [6, 6.07) is 0.201. The van der Waals surface area contributed by atoms with Crippen LogP contribution in [0.4, 0.5) is 0 Å². The molecular formula is C12H17N5O2. The molecule has 0 spiro atoms. The Labute approximate surface area is 110 Å². The van der Waals surface area contributed by atoms with E-state index in [0.29, 0.717) is 13.1 Å². The van der Waals surface area contributed by atoms with E-state index in [0.717, 1.165) is 25.7 Å². The van der Waals surface area contributed by atoms with Crippen molar-refractivity contribution in [3.8, 4) is 0 Å². The lowest BCUT2D eigenvalue weighted by Gasteiger charge is -2.31. The summed E-state index contributed by atoms with van der Waals surface area (Å²) in [5, 5.41) is 9.32. The van der Waals surface area contributed by atoms with Gasteiger partial charge in [-0.1, -0.05) is 0 Å². The SMILES string of the molecule is O=C(NC1CCN(C(=O)c2ncn[nH]2)CC1)C1CC1. The van der Waals surface area contributed by atoms with Gasteiger partial charge in [0.2, 0.25) is 11.7 Å². The van der Waals surface area contributed by atoms with Crippen molar-refractivity contribution in [1.29, 1.82) is 0 Å². The summed E-state index contributed by atoms with van der Waals surface area (Å²) in [7, 11) is 0. The van der Waals surface area contributed by atoms with E-state index >= 15 is 0 Å². The normalized spacial score (nSPS) is 20.3. The molecule has 2 amide bonds. The van der Waals surface area contributed by atoms with E-state index in [1.807, 2.05) is 0 Å². The van der Waals surface area contributed by atoms with Crippen molar-refractivity contribution in [2.45, 2.75) is 31.7 Å². The second kappa shape index (κ2) is 4.99. The number of hydrogen-bond acceptors (Lipinski definition) is 4. The van der Waals surface area contributed by atoms with Gasteiger partial charge in [0.1, 0.15) is 6.33 Å². The van der Waals surface area contributed by atoms with Crippen LogP contribution < -0.4 is 5.32 Å². The third kappa shape index (κ3) is 2.74. The molecule has 102 valence electrons. The van der Waals surface area contributed by atoms with Crippen LogP contribution in [-0.2, 0) is 4.79 Å². The second-order valence-electron chi connectivity index (χ2n) is 5.18. The van der Waals surface area contributed by atoms with Crippen molar-refractivity contribution >= 4 is 11.8 Å². The predicted octanol–water partition coefficient (Wildman–Crippen LogP) is -0.0645. The monoisotopic (exact) mass is 263 g/mol. The quantitative estimate of drug-likeness (QED) is 0.799. The van der Waals surface area contributed by atoms with Crippen molar-refractivity contribution in [2.24, 2.45) is 5.92 Å². The molecule has 7 nitrogen and oxygen atoms in total. The Bertz CT molecular complexity index is 460. The van der Waals surface area contributed by atoms with Crippen molar-refractivity contribution in [3.05, 3.63) is 12.2 Å². The van der Waals surface area contributed by atoms with Gasteiger partial charge >= 0.3 is 0 Å². The summed E-state index contributed by atoms with van der Waals surface area (Å²) >= 11 is 0. The van der Waals surface area contributed by atoms with Crippen molar-refractivity contribution in [1.82, 2.24) is 25.4 Å². The fourth-order valence-electron chi connectivity index (χ4n) is 2.35. The standard InChI is InChI=1S/C12H17N5O2/c18-11(8-1-2-8)15-9-3-5-17(6-4-9)12(19)10-13-7-14-16-10/h7-9H,1-6H2,(H,15,18)(H,13,14,16). The van der Waals surface area contributed by atoms with E-state index in [-0.39, 0.29) is 29.6 Å². The minimum atomic E-state index is -0.121. The number of nitrogens with zero attached hydrogens (tertiary/aromatic N) is 3. The van der Waals surface area contributed by atoms with E-state index < -0.39 is 0 Å². The highest BCUT2D eigenvalue weighted by atomic mass is 16.2. The third-order valence-corrected chi connectivity index (χ3v) is 3.69. The van der Waals surface area contributed by atoms with Gasteiger partial charge in [0.25, 0.3) is 5.91 Å². The fraction of sp³-hybridized carbons (Fsp3) is 0.667. The Morgan fingerprint density at radius 3 is 2.58 bits per heavy atom. The highest BCUT2D eigenvalue weighted by molar-refractivity contribution is 5.90. The average Bonchev–Trinajstić information content (AvgIpc) is 3.14. The van der Waals surface area contributed by atoms with Crippen molar-refractivity contribution < 1.29 is 9.59 Å². The molecule has 0 aromatic carbocycles. The lowest BCUT2D eigenvalue weighted by molar-refractivity contribution is -0.123. The summed E-state index contributed by atoms with van der Waals surface area (Å²) in [4.78, 5) is 29.3. The van der Waals surface area contributed by atoms with Gasteiger partial charge in [-0.2, -0.15) is 5.10 Å². The maximum atomic E-state index is 12.0. The molecular weight excluding hydrogens is 246 g/mol. The van der Waals surface area contributed by atoms with Gasteiger partial charge in [-0.25, -0.2) is 4.98 Å². The van der Waals surface area contributed by atoms with Gasteiger partial charge in [0, 0.05) is 25.0 Å². The van der Waals surface area contributed by atoms with Crippen LogP contribution in [0.5, 0.6) is 0 Å². The summed E-state index contributed by atoms with van der Waals surface area (Å²) in [5.41, 5.74) is 0. The summed E-state index contributed by atoms with van der Waals surface area (Å²) < 4.78 is 0. The van der Waals surface area contributed by atoms with Crippen LogP contribution in [0.3, 0.4) is 0 Å². The lowest BCUT2D eigenvalue weighted by atomic mass is 10.0. The molecule has 2 fully saturated rings. The first kappa shape index (κ1) is 12.1. The third-order valence-electron chi connectivity index (χ3n) is 3.69. The molecule has 1 aliphatic carbocycles. The van der Waals surface area contributed by atoms with Gasteiger partial charge in [-0.05, 0) is 25.7 Å². The number of likely N-dealkylation sites (tertiary alicyclic amines) is 1. The minimum Gasteiger partial charge on any atom is -0.353 e. The van der Waals surface area contributed by atoms with Gasteiger partial charge in [0.05, 0.1) is 0 Å². The Hall–Kier alpha value is -1.92. The molecule has 19 heavy (non-hydrogen) atoms. The van der Waals surface area contributed by atoms with E-state index in [9.17, 15) is 9.59 Å². The number of nitrogens with one attached hydrogen (secondary N) is 2. The molecule has 0 radical (unpaired) electrons. The summed E-state index contributed by atoms with van der Waals surface area (Å²) in [5.74, 6) is 0.582. The number of aromatic nitrogens is 3. The van der Waals surface area contributed by atoms with Crippen molar-refractivity contribution in [2.75, 3.05) is 13.1 Å². The first-order valence-corrected chi connectivity index (χ1v) is 6.69. The van der Waals surface area contributed by atoms with Crippen LogP contribution >= 0.6 is 0 Å². The molecule has 2 N–H and O–H groups in total. The summed E-state index contributed by atoms with van der Waals surface area (Å²) in [6.07, 6.45) is 4.98. The molecule has 1 aromatic heterocycles. The topological polar surface area (TPSA) is 91.0 Å². The molecule has 0 bridgehead atoms. The van der Waals surface area contributed by atoms with E-state index in [2.05, 4.69) is 20.5 Å². The number of carbonyl (C=O) groups excluding carboxylic acids is 2. The average molecular weight is 263 g/mol. The van der Waals surface area contributed by atoms with Crippen LogP contribution in [-0.4, -0.2) is 51.0 Å². The first-order valence-electron chi connectivity index (χ1n) is 6.69. The molecule has 1 aromatic rings. The van der Waals surface area contributed by atoms with E-state index in [4.69, 9.17) is 0 Å². The fourth-order valence-corrected chi connectivity index (χ4v) is 2.35. The van der Waals surface area contributed by atoms with Crippen LogP contribution in [0.2, 0.25) is 0 Å². The van der Waals surface area contributed by atoms with E-state index in [1.165, 1.54) is 6.33 Å². The zero-order valence-electron chi connectivity index (χ0n) is 10.6. The lowest BCUT2D eigenvalue weighted by Crippen LogP contribution is -2.47. The number of aromatic amines is 1. The maximum Gasteiger partial charge on any atom is 0.291 e. The summed E-state index contributed by atoms with van der Waals surface area (Å²) in [6.45, 7) is 1.30. The van der Waals surface area contributed by atoms with Crippen molar-refractivity contribution in [3.63, 3.8) is 0 Å². The molecule has 7 heteroatoms. The molecule has 1 saturated heterocycles. The highest BCUT2D eigenvalue weighted by Gasteiger charge is 2.32. The Balaban J connectivity index is 1.49. The maximum absolute atomic E-state index is 12.0. The Morgan fingerprint density at radius 1 is 1.26 bits per heavy atom. The number of H-pyrrole nitrogens is 1. The van der Waals surface area contributed by atoms with E-state index in [1.54, 1.807) is 4.90 Å². The number of carbonyl (C=O) groups is 2. The Kier molecular flexibility index (Phi) is 3.18. The van der Waals surface area contributed by atoms with Gasteiger partial charge in [0.15, 0.2) is 0 Å². The van der Waals surface area contributed by atoms with Gasteiger partial charge in [-0.3, -0.25) is 14.7 Å². The largest absolute Gasteiger partial charge is 0.353 e. The van der Waals surface area contributed by atoms with Gasteiger partial charge in [-0.15, -0.1) is 0 Å². The van der Waals surface area contributed by atoms with Gasteiger partial charge < -0.3 is 10.2 Å². The first-order chi connectivity index (χ1) is 9.24. The van der Waals surface area contributed by atoms with Crippen LogP contribution in [0.1, 0.15) is 36.3 Å². The predicted molar refractivity (Wildman–Crippen MR) is 66.2 cm³/mol. The molecule has 1 aliphatic heterocycles. The molecule has 2 heterocycles. The number of amides is 2. The Morgan fingerprint density at radius 2 is 2.00 bits per heavy atom. The number of hydrogen-bond donors (Lipinski definition) is 2. The molecule has 0 unspecified atom stereocenters. The van der Waals surface area contributed by atoms with Crippen LogP contribution in [0, 0.1) is 5.92 Å². The van der Waals surface area contributed by atoms with Crippen LogP contribution in [0.25, 0.3) is 0 Å².